The van der Waals surface area contributed by atoms with Gasteiger partial charge in [0.05, 0.1) is 0 Å². The average molecular weight is 306 g/mol. The number of ether oxygens (including phenoxy) is 2. The molecule has 0 bridgehead atoms. The van der Waals surface area contributed by atoms with Crippen molar-refractivity contribution in [3.05, 3.63) is 78.9 Å². The van der Waals surface area contributed by atoms with Gasteiger partial charge in [-0.15, -0.1) is 0 Å². The fourth-order valence-electron chi connectivity index (χ4n) is 2.12. The molecule has 3 aromatic rings. The van der Waals surface area contributed by atoms with Gasteiger partial charge in [-0.1, -0.05) is 36.4 Å². The highest BCUT2D eigenvalue weighted by Crippen LogP contribution is 2.25. The summed E-state index contributed by atoms with van der Waals surface area (Å²) in [6, 6.07) is 23.4. The zero-order valence-corrected chi connectivity index (χ0v) is 12.3. The normalized spacial score (nSPS) is 10.2. The van der Waals surface area contributed by atoms with E-state index in [4.69, 9.17) is 9.47 Å². The molecule has 3 rings (SSSR count). The van der Waals surface area contributed by atoms with Crippen LogP contribution in [0.15, 0.2) is 78.9 Å². The molecular formula is C18H15BO4. The number of hydrogen-bond donors (Lipinski definition) is 2. The summed E-state index contributed by atoms with van der Waals surface area (Å²) in [5.41, 5.74) is 0.238. The van der Waals surface area contributed by atoms with E-state index in [2.05, 4.69) is 0 Å². The first-order valence-electron chi connectivity index (χ1n) is 7.18. The molecule has 3 aromatic carbocycles. The van der Waals surface area contributed by atoms with E-state index in [1.165, 1.54) is 0 Å². The third kappa shape index (κ3) is 3.91. The Bertz CT molecular complexity index is 760. The van der Waals surface area contributed by atoms with Crippen molar-refractivity contribution in [3.8, 4) is 23.0 Å². The van der Waals surface area contributed by atoms with Gasteiger partial charge < -0.3 is 19.5 Å². The molecule has 4 nitrogen and oxygen atoms in total. The van der Waals surface area contributed by atoms with E-state index in [0.29, 0.717) is 23.0 Å². The van der Waals surface area contributed by atoms with E-state index in [1.54, 1.807) is 30.3 Å². The maximum atomic E-state index is 9.59. The van der Waals surface area contributed by atoms with Crippen LogP contribution in [0.3, 0.4) is 0 Å². The molecule has 0 aromatic heterocycles. The maximum Gasteiger partial charge on any atom is 0.492 e. The SMILES string of the molecule is OB(O)c1cc(Oc2ccccc2)ccc1Oc1ccccc1. The highest BCUT2D eigenvalue weighted by molar-refractivity contribution is 6.59. The monoisotopic (exact) mass is 306 g/mol. The van der Waals surface area contributed by atoms with Crippen LogP contribution in [-0.4, -0.2) is 17.2 Å². The summed E-state index contributed by atoms with van der Waals surface area (Å²) in [5, 5.41) is 19.2. The van der Waals surface area contributed by atoms with Gasteiger partial charge >= 0.3 is 7.12 Å². The van der Waals surface area contributed by atoms with Crippen LogP contribution in [0.1, 0.15) is 0 Å². The van der Waals surface area contributed by atoms with Gasteiger partial charge in [0.2, 0.25) is 0 Å². The molecule has 23 heavy (non-hydrogen) atoms. The van der Waals surface area contributed by atoms with E-state index in [-0.39, 0.29) is 5.46 Å². The van der Waals surface area contributed by atoms with Crippen molar-refractivity contribution in [2.75, 3.05) is 0 Å². The predicted molar refractivity (Wildman–Crippen MR) is 89.3 cm³/mol. The van der Waals surface area contributed by atoms with Crippen molar-refractivity contribution >= 4 is 12.6 Å². The molecule has 0 atom stereocenters. The molecule has 0 unspecified atom stereocenters. The number of hydrogen-bond acceptors (Lipinski definition) is 4. The van der Waals surface area contributed by atoms with Gasteiger partial charge in [0.15, 0.2) is 0 Å². The zero-order valence-electron chi connectivity index (χ0n) is 12.3. The number of rotatable bonds is 5. The van der Waals surface area contributed by atoms with Crippen molar-refractivity contribution in [3.63, 3.8) is 0 Å². The van der Waals surface area contributed by atoms with E-state index in [0.717, 1.165) is 0 Å². The van der Waals surface area contributed by atoms with Gasteiger partial charge in [-0.2, -0.15) is 0 Å². The zero-order chi connectivity index (χ0) is 16.1. The lowest BCUT2D eigenvalue weighted by Crippen LogP contribution is -2.31. The lowest BCUT2D eigenvalue weighted by atomic mass is 9.79. The van der Waals surface area contributed by atoms with Gasteiger partial charge in [0.1, 0.15) is 23.0 Å². The third-order valence-electron chi connectivity index (χ3n) is 3.21. The van der Waals surface area contributed by atoms with E-state index >= 15 is 0 Å². The van der Waals surface area contributed by atoms with E-state index in [1.807, 2.05) is 48.5 Å². The van der Waals surface area contributed by atoms with Crippen LogP contribution in [-0.2, 0) is 0 Å². The molecule has 0 radical (unpaired) electrons. The van der Waals surface area contributed by atoms with Crippen LogP contribution in [0.2, 0.25) is 0 Å². The van der Waals surface area contributed by atoms with Gasteiger partial charge in [0.25, 0.3) is 0 Å². The van der Waals surface area contributed by atoms with E-state index in [9.17, 15) is 10.0 Å². The van der Waals surface area contributed by atoms with Gasteiger partial charge in [0, 0.05) is 5.46 Å². The molecule has 0 aliphatic carbocycles. The quantitative estimate of drug-likeness (QED) is 0.712. The number of benzene rings is 3. The highest BCUT2D eigenvalue weighted by Gasteiger charge is 2.19. The minimum atomic E-state index is -1.66. The first-order valence-corrected chi connectivity index (χ1v) is 7.18. The third-order valence-corrected chi connectivity index (χ3v) is 3.21. The standard InChI is InChI=1S/C18H15BO4/c20-19(21)17-13-16(22-14-7-3-1-4-8-14)11-12-18(17)23-15-9-5-2-6-10-15/h1-13,20-21H. The van der Waals surface area contributed by atoms with Gasteiger partial charge in [-0.05, 0) is 42.5 Å². The molecule has 114 valence electrons. The predicted octanol–water partition coefficient (Wildman–Crippen LogP) is 2.95. The first-order chi connectivity index (χ1) is 11.2. The molecule has 0 heterocycles. The lowest BCUT2D eigenvalue weighted by molar-refractivity contribution is 0.419. The van der Waals surface area contributed by atoms with Crippen molar-refractivity contribution in [2.45, 2.75) is 0 Å². The van der Waals surface area contributed by atoms with Crippen molar-refractivity contribution in [1.82, 2.24) is 0 Å². The Kier molecular flexibility index (Phi) is 4.61. The average Bonchev–Trinajstić information content (AvgIpc) is 2.58. The van der Waals surface area contributed by atoms with Crippen molar-refractivity contribution in [2.24, 2.45) is 0 Å². The summed E-state index contributed by atoms with van der Waals surface area (Å²) in [4.78, 5) is 0. The summed E-state index contributed by atoms with van der Waals surface area (Å²) in [5.74, 6) is 2.15. The van der Waals surface area contributed by atoms with Crippen LogP contribution in [0.4, 0.5) is 0 Å². The van der Waals surface area contributed by atoms with Crippen LogP contribution in [0.5, 0.6) is 23.0 Å². The maximum absolute atomic E-state index is 9.59. The molecule has 0 aliphatic heterocycles. The van der Waals surface area contributed by atoms with Gasteiger partial charge in [-0.25, -0.2) is 0 Å². The Morgan fingerprint density at radius 3 is 1.74 bits per heavy atom. The Morgan fingerprint density at radius 1 is 0.609 bits per heavy atom. The van der Waals surface area contributed by atoms with Crippen LogP contribution < -0.4 is 14.9 Å². The van der Waals surface area contributed by atoms with Gasteiger partial charge in [-0.3, -0.25) is 0 Å². The Balaban J connectivity index is 1.86. The molecule has 5 heteroatoms. The Morgan fingerprint density at radius 2 is 1.17 bits per heavy atom. The molecule has 0 aliphatic rings. The first kappa shape index (κ1) is 15.2. The molecule has 0 saturated carbocycles. The minimum absolute atomic E-state index is 0.238. The second-order valence-corrected chi connectivity index (χ2v) is 4.90. The molecule has 0 spiro atoms. The molecule has 0 saturated heterocycles. The summed E-state index contributed by atoms with van der Waals surface area (Å²) >= 11 is 0. The van der Waals surface area contributed by atoms with E-state index < -0.39 is 7.12 Å². The largest absolute Gasteiger partial charge is 0.492 e. The summed E-state index contributed by atoms with van der Waals surface area (Å²) in [6.45, 7) is 0. The second kappa shape index (κ2) is 7.00. The Hall–Kier alpha value is -2.76. The fourth-order valence-corrected chi connectivity index (χ4v) is 2.12. The van der Waals surface area contributed by atoms with Crippen molar-refractivity contribution < 1.29 is 19.5 Å². The van der Waals surface area contributed by atoms with Crippen LogP contribution >= 0.6 is 0 Å². The van der Waals surface area contributed by atoms with Crippen LogP contribution in [0.25, 0.3) is 0 Å². The minimum Gasteiger partial charge on any atom is -0.458 e. The number of para-hydroxylation sites is 2. The lowest BCUT2D eigenvalue weighted by Gasteiger charge is -2.13. The smallest absolute Gasteiger partial charge is 0.458 e. The fraction of sp³-hybridized carbons (Fsp3) is 0. The summed E-state index contributed by atoms with van der Waals surface area (Å²) < 4.78 is 11.4. The van der Waals surface area contributed by atoms with Crippen LogP contribution in [0, 0.1) is 0 Å². The molecule has 2 N–H and O–H groups in total. The summed E-state index contributed by atoms with van der Waals surface area (Å²) in [6.07, 6.45) is 0. The molecule has 0 fully saturated rings. The second-order valence-electron chi connectivity index (χ2n) is 4.90. The molecular weight excluding hydrogens is 291 g/mol. The highest BCUT2D eigenvalue weighted by atomic mass is 16.5. The Labute approximate surface area is 134 Å². The topological polar surface area (TPSA) is 58.9 Å². The summed E-state index contributed by atoms with van der Waals surface area (Å²) in [7, 11) is -1.66. The molecule has 0 amide bonds. The van der Waals surface area contributed by atoms with Crippen molar-refractivity contribution in [1.29, 1.82) is 0 Å².